The van der Waals surface area contributed by atoms with Gasteiger partial charge in [-0.2, -0.15) is 0 Å². The fraction of sp³-hybridized carbons (Fsp3) is 0.100. The van der Waals surface area contributed by atoms with Gasteiger partial charge in [0.1, 0.15) is 5.82 Å². The molecule has 0 saturated carbocycles. The van der Waals surface area contributed by atoms with Crippen molar-refractivity contribution in [1.29, 1.82) is 0 Å². The molecule has 0 unspecified atom stereocenters. The van der Waals surface area contributed by atoms with E-state index in [-0.39, 0.29) is 16.7 Å². The van der Waals surface area contributed by atoms with Crippen LogP contribution < -0.4 is 5.73 Å². The maximum absolute atomic E-state index is 13.1. The van der Waals surface area contributed by atoms with Gasteiger partial charge in [-0.05, 0) is 30.4 Å². The van der Waals surface area contributed by atoms with Crippen LogP contribution in [-0.4, -0.2) is 14.8 Å². The van der Waals surface area contributed by atoms with E-state index in [0.717, 1.165) is 0 Å². The Labute approximate surface area is 101 Å². The molecule has 2 aromatic rings. The lowest BCUT2D eigenvalue weighted by atomic mass is 10.2. The lowest BCUT2D eigenvalue weighted by Gasteiger charge is -1.95. The van der Waals surface area contributed by atoms with E-state index in [4.69, 9.17) is 5.73 Å². The second-order valence-corrected chi connectivity index (χ2v) is 3.85. The summed E-state index contributed by atoms with van der Waals surface area (Å²) in [4.78, 5) is 0. The van der Waals surface area contributed by atoms with Crippen molar-refractivity contribution < 1.29 is 9.50 Å². The van der Waals surface area contributed by atoms with Gasteiger partial charge in [0, 0.05) is 12.4 Å². The van der Waals surface area contributed by atoms with E-state index in [0.29, 0.717) is 10.9 Å². The fourth-order valence-electron chi connectivity index (χ4n) is 1.58. The van der Waals surface area contributed by atoms with Crippen LogP contribution in [0.1, 0.15) is 0 Å². The van der Waals surface area contributed by atoms with Crippen molar-refractivity contribution in [2.75, 3.05) is 0 Å². The minimum Gasteiger partial charge on any atom is -0.493 e. The Morgan fingerprint density at radius 3 is 2.88 bits per heavy atom. The maximum atomic E-state index is 13.1. The molecule has 2 rings (SSSR count). The van der Waals surface area contributed by atoms with Crippen LogP contribution in [0.15, 0.2) is 28.4 Å². The maximum Gasteiger partial charge on any atom is 0.220 e. The Morgan fingerprint density at radius 1 is 1.53 bits per heavy atom. The third kappa shape index (κ3) is 1.96. The predicted octanol–water partition coefficient (Wildman–Crippen LogP) is 2.35. The summed E-state index contributed by atoms with van der Waals surface area (Å²) < 4.78 is 14.6. The number of aromatic hydroxyl groups is 1. The average Bonchev–Trinajstić information content (AvgIpc) is 2.49. The highest BCUT2D eigenvalue weighted by Crippen LogP contribution is 2.38. The molecule has 0 fully saturated rings. The van der Waals surface area contributed by atoms with Crippen molar-refractivity contribution in [3.05, 3.63) is 24.0 Å². The molecule has 0 radical (unpaired) electrons. The molecule has 0 aliphatic heterocycles. The SMILES string of the molecule is Cn1c(O)c(N=NC(N)=S)c2cc(F)ccc21. The summed E-state index contributed by atoms with van der Waals surface area (Å²) in [5.74, 6) is -0.541. The van der Waals surface area contributed by atoms with Crippen molar-refractivity contribution in [3.8, 4) is 5.88 Å². The molecule has 7 heteroatoms. The van der Waals surface area contributed by atoms with Gasteiger partial charge in [-0.1, -0.05) is 0 Å². The smallest absolute Gasteiger partial charge is 0.220 e. The molecular weight excluding hydrogens is 243 g/mol. The first-order valence-electron chi connectivity index (χ1n) is 4.69. The second-order valence-electron chi connectivity index (χ2n) is 3.43. The molecule has 0 atom stereocenters. The molecule has 0 saturated heterocycles. The number of fused-ring (bicyclic) bond motifs is 1. The van der Waals surface area contributed by atoms with E-state index < -0.39 is 5.82 Å². The van der Waals surface area contributed by atoms with Crippen molar-refractivity contribution in [2.45, 2.75) is 0 Å². The molecular formula is C10H9FN4OS. The Hall–Kier alpha value is -2.02. The van der Waals surface area contributed by atoms with Crippen LogP contribution in [0.5, 0.6) is 5.88 Å². The van der Waals surface area contributed by atoms with E-state index in [9.17, 15) is 9.50 Å². The minimum absolute atomic E-state index is 0.120. The minimum atomic E-state index is -0.421. The number of hydrogen-bond donors (Lipinski definition) is 2. The molecule has 88 valence electrons. The first-order valence-corrected chi connectivity index (χ1v) is 5.09. The van der Waals surface area contributed by atoms with Crippen LogP contribution in [0, 0.1) is 5.82 Å². The number of thiocarbonyl (C=S) groups is 1. The van der Waals surface area contributed by atoms with Gasteiger partial charge in [-0.3, -0.25) is 0 Å². The first kappa shape index (κ1) is 11.5. The van der Waals surface area contributed by atoms with Crippen molar-refractivity contribution in [2.24, 2.45) is 23.0 Å². The van der Waals surface area contributed by atoms with Crippen molar-refractivity contribution in [1.82, 2.24) is 4.57 Å². The highest BCUT2D eigenvalue weighted by Gasteiger charge is 2.14. The van der Waals surface area contributed by atoms with E-state index in [1.54, 1.807) is 13.1 Å². The van der Waals surface area contributed by atoms with Crippen LogP contribution in [0.3, 0.4) is 0 Å². The molecule has 0 amide bonds. The van der Waals surface area contributed by atoms with Crippen molar-refractivity contribution >= 4 is 33.9 Å². The van der Waals surface area contributed by atoms with E-state index in [2.05, 4.69) is 22.4 Å². The quantitative estimate of drug-likeness (QED) is 0.604. The second kappa shape index (κ2) is 4.10. The summed E-state index contributed by atoms with van der Waals surface area (Å²) in [7, 11) is 1.63. The molecule has 17 heavy (non-hydrogen) atoms. The topological polar surface area (TPSA) is 75.9 Å². The first-order chi connectivity index (χ1) is 8.00. The van der Waals surface area contributed by atoms with Crippen LogP contribution in [-0.2, 0) is 7.05 Å². The normalized spacial score (nSPS) is 11.4. The Kier molecular flexibility index (Phi) is 2.76. The van der Waals surface area contributed by atoms with Crippen molar-refractivity contribution in [3.63, 3.8) is 0 Å². The lowest BCUT2D eigenvalue weighted by molar-refractivity contribution is 0.436. The van der Waals surface area contributed by atoms with Crippen LogP contribution in [0.2, 0.25) is 0 Å². The molecule has 0 bridgehead atoms. The number of aryl methyl sites for hydroxylation is 1. The number of benzene rings is 1. The van der Waals surface area contributed by atoms with Crippen LogP contribution in [0.4, 0.5) is 10.1 Å². The molecule has 0 aliphatic rings. The Bertz CT molecular complexity index is 635. The van der Waals surface area contributed by atoms with E-state index in [1.165, 1.54) is 16.7 Å². The largest absolute Gasteiger partial charge is 0.493 e. The number of azo groups is 1. The molecule has 1 aromatic carbocycles. The van der Waals surface area contributed by atoms with Gasteiger partial charge >= 0.3 is 0 Å². The van der Waals surface area contributed by atoms with Gasteiger partial charge in [-0.15, -0.1) is 10.2 Å². The number of halogens is 1. The summed E-state index contributed by atoms with van der Waals surface area (Å²) in [5, 5.41) is 17.3. The molecule has 0 spiro atoms. The van der Waals surface area contributed by atoms with Gasteiger partial charge in [0.25, 0.3) is 0 Å². The highest BCUT2D eigenvalue weighted by molar-refractivity contribution is 7.80. The number of aromatic nitrogens is 1. The van der Waals surface area contributed by atoms with E-state index >= 15 is 0 Å². The van der Waals surface area contributed by atoms with Gasteiger partial charge < -0.3 is 15.4 Å². The number of nitrogens with zero attached hydrogens (tertiary/aromatic N) is 3. The summed E-state index contributed by atoms with van der Waals surface area (Å²) in [5.41, 5.74) is 5.97. The number of nitrogens with two attached hydrogens (primary N) is 1. The zero-order chi connectivity index (χ0) is 12.6. The summed E-state index contributed by atoms with van der Waals surface area (Å²) >= 11 is 4.55. The third-order valence-corrected chi connectivity index (χ3v) is 2.43. The predicted molar refractivity (Wildman–Crippen MR) is 65.8 cm³/mol. The number of hydrogen-bond acceptors (Lipinski definition) is 3. The molecule has 3 N–H and O–H groups in total. The zero-order valence-electron chi connectivity index (χ0n) is 8.88. The van der Waals surface area contributed by atoms with Gasteiger partial charge in [0.2, 0.25) is 11.0 Å². The molecule has 1 heterocycles. The van der Waals surface area contributed by atoms with Crippen LogP contribution >= 0.6 is 12.2 Å². The zero-order valence-corrected chi connectivity index (χ0v) is 9.70. The van der Waals surface area contributed by atoms with E-state index in [1.807, 2.05) is 0 Å². The lowest BCUT2D eigenvalue weighted by Crippen LogP contribution is -2.01. The molecule has 1 aromatic heterocycles. The van der Waals surface area contributed by atoms with Crippen LogP contribution in [0.25, 0.3) is 10.9 Å². The standard InChI is InChI=1S/C10H9FN4OS/c1-15-7-3-2-5(11)4-6(7)8(9(15)16)13-14-10(12)17/h2-4,16H,1H3,(H2,12,17). The summed E-state index contributed by atoms with van der Waals surface area (Å²) in [6.45, 7) is 0. The monoisotopic (exact) mass is 252 g/mol. The van der Waals surface area contributed by atoms with Gasteiger partial charge in [0.05, 0.1) is 5.52 Å². The Morgan fingerprint density at radius 2 is 2.24 bits per heavy atom. The van der Waals surface area contributed by atoms with Gasteiger partial charge in [-0.25, -0.2) is 4.39 Å². The molecule has 0 aliphatic carbocycles. The number of rotatable bonds is 1. The summed E-state index contributed by atoms with van der Waals surface area (Å²) in [6.07, 6.45) is 0. The average molecular weight is 252 g/mol. The third-order valence-electron chi connectivity index (χ3n) is 2.35. The highest BCUT2D eigenvalue weighted by atomic mass is 32.1. The Balaban J connectivity index is 2.72. The molecule has 5 nitrogen and oxygen atoms in total. The van der Waals surface area contributed by atoms with Gasteiger partial charge in [0.15, 0.2) is 5.69 Å². The summed E-state index contributed by atoms with van der Waals surface area (Å²) in [6, 6.07) is 4.11. The fourth-order valence-corrected chi connectivity index (χ4v) is 1.62.